The first-order chi connectivity index (χ1) is 17.9. The Morgan fingerprint density at radius 2 is 1.43 bits per heavy atom. The lowest BCUT2D eigenvalue weighted by Crippen LogP contribution is -1.96. The van der Waals surface area contributed by atoms with Crippen molar-refractivity contribution in [1.29, 1.82) is 0 Å². The Morgan fingerprint density at radius 3 is 2.22 bits per heavy atom. The van der Waals surface area contributed by atoms with Gasteiger partial charge in [-0.1, -0.05) is 52.3 Å². The number of hydrogen-bond donors (Lipinski definition) is 2. The van der Waals surface area contributed by atoms with Crippen molar-refractivity contribution in [1.82, 2.24) is 24.3 Å². The topological polar surface area (TPSA) is 61.8 Å². The number of benzene rings is 4. The van der Waals surface area contributed by atoms with E-state index >= 15 is 0 Å². The number of aromatic amines is 2. The van der Waals surface area contributed by atoms with E-state index in [2.05, 4.69) is 112 Å². The molecule has 0 aliphatic heterocycles. The van der Waals surface area contributed by atoms with E-state index in [0.717, 1.165) is 44.6 Å². The molecule has 0 saturated heterocycles. The molecule has 0 bridgehead atoms. The Kier molecular flexibility index (Phi) is 5.84. The predicted octanol–water partition coefficient (Wildman–Crippen LogP) is 8.12. The number of aryl methyl sites for hydroxylation is 4. The van der Waals surface area contributed by atoms with Gasteiger partial charge in [0, 0.05) is 10.9 Å². The van der Waals surface area contributed by atoms with Crippen LogP contribution in [0.3, 0.4) is 0 Å². The average molecular weight is 551 g/mol. The molecule has 0 atom stereocenters. The highest BCUT2D eigenvalue weighted by atomic mass is 79.9. The van der Waals surface area contributed by atoms with Crippen LogP contribution in [-0.2, 0) is 6.42 Å². The van der Waals surface area contributed by atoms with Gasteiger partial charge in [0.15, 0.2) is 0 Å². The molecule has 0 saturated carbocycles. The third kappa shape index (κ3) is 4.31. The van der Waals surface area contributed by atoms with E-state index in [1.165, 1.54) is 38.9 Å². The number of imidazole rings is 3. The van der Waals surface area contributed by atoms with E-state index in [-0.39, 0.29) is 0 Å². The highest BCUT2D eigenvalue weighted by Gasteiger charge is 2.12. The Labute approximate surface area is 223 Å². The lowest BCUT2D eigenvalue weighted by molar-refractivity contribution is 1.02. The van der Waals surface area contributed by atoms with Crippen molar-refractivity contribution < 1.29 is 0 Å². The fourth-order valence-electron chi connectivity index (χ4n) is 5.17. The van der Waals surface area contributed by atoms with E-state index in [9.17, 15) is 0 Å². The molecule has 0 amide bonds. The van der Waals surface area contributed by atoms with Crippen LogP contribution in [0.1, 0.15) is 33.6 Å². The molecule has 2 N–H and O–H groups in total. The molecule has 6 heteroatoms. The van der Waals surface area contributed by atoms with Crippen molar-refractivity contribution in [3.63, 3.8) is 0 Å². The van der Waals surface area contributed by atoms with Gasteiger partial charge in [0.1, 0.15) is 5.82 Å². The van der Waals surface area contributed by atoms with Crippen molar-refractivity contribution in [3.05, 3.63) is 111 Å². The van der Waals surface area contributed by atoms with Gasteiger partial charge in [0.25, 0.3) is 0 Å². The molecule has 7 rings (SSSR count). The maximum Gasteiger partial charge on any atom is 0.213 e. The summed E-state index contributed by atoms with van der Waals surface area (Å²) in [5.41, 5.74) is 13.1. The first kappa shape index (κ1) is 23.5. The summed E-state index contributed by atoms with van der Waals surface area (Å²) in [5, 5.41) is 0. The quantitative estimate of drug-likeness (QED) is 0.228. The van der Waals surface area contributed by atoms with Crippen molar-refractivity contribution >= 4 is 54.8 Å². The van der Waals surface area contributed by atoms with Crippen molar-refractivity contribution in [3.8, 4) is 0 Å². The number of H-pyrrole nitrogens is 2. The van der Waals surface area contributed by atoms with Gasteiger partial charge in [-0.05, 0) is 91.9 Å². The zero-order chi connectivity index (χ0) is 25.7. The number of para-hydroxylation sites is 4. The third-order valence-electron chi connectivity index (χ3n) is 6.83. The molecule has 37 heavy (non-hydrogen) atoms. The van der Waals surface area contributed by atoms with Gasteiger partial charge in [-0.3, -0.25) is 4.40 Å². The SMILES string of the molecule is Cc1cc(C)c(Cc2nc3ccccc3[nH]2)c(Br)c1.Cc1cc(C)c2nc3[nH]c4ccccc4n3c2c1. The van der Waals surface area contributed by atoms with Crippen LogP contribution in [0.15, 0.2) is 77.3 Å². The maximum absolute atomic E-state index is 4.70. The van der Waals surface area contributed by atoms with Crippen LogP contribution in [0.5, 0.6) is 0 Å². The van der Waals surface area contributed by atoms with Crippen molar-refractivity contribution in [2.75, 3.05) is 0 Å². The third-order valence-corrected chi connectivity index (χ3v) is 7.54. The van der Waals surface area contributed by atoms with Gasteiger partial charge in [-0.2, -0.15) is 0 Å². The number of rotatable bonds is 2. The molecule has 0 aliphatic carbocycles. The summed E-state index contributed by atoms with van der Waals surface area (Å²) in [7, 11) is 0. The van der Waals surface area contributed by atoms with Crippen molar-refractivity contribution in [2.24, 2.45) is 0 Å². The summed E-state index contributed by atoms with van der Waals surface area (Å²) in [6, 6.07) is 25.2. The lowest BCUT2D eigenvalue weighted by Gasteiger charge is -2.08. The number of nitrogens with zero attached hydrogens (tertiary/aromatic N) is 3. The fourth-order valence-corrected chi connectivity index (χ4v) is 5.99. The van der Waals surface area contributed by atoms with E-state index in [1.54, 1.807) is 0 Å². The number of halogens is 1. The maximum atomic E-state index is 4.70. The summed E-state index contributed by atoms with van der Waals surface area (Å²) in [4.78, 5) is 16.1. The van der Waals surface area contributed by atoms with Crippen molar-refractivity contribution in [2.45, 2.75) is 34.1 Å². The molecule has 7 aromatic rings. The van der Waals surface area contributed by atoms with E-state index < -0.39 is 0 Å². The predicted molar refractivity (Wildman–Crippen MR) is 157 cm³/mol. The number of fused-ring (bicyclic) bond motifs is 6. The molecule has 0 unspecified atom stereocenters. The van der Waals surface area contributed by atoms with Gasteiger partial charge in [0.05, 0.1) is 33.1 Å². The number of nitrogens with one attached hydrogen (secondary N) is 2. The average Bonchev–Trinajstić information content (AvgIpc) is 3.53. The number of aromatic nitrogens is 5. The Balaban J connectivity index is 0.000000136. The zero-order valence-corrected chi connectivity index (χ0v) is 22.9. The van der Waals surface area contributed by atoms with Gasteiger partial charge in [0.2, 0.25) is 5.78 Å². The second kappa shape index (κ2) is 9.20. The van der Waals surface area contributed by atoms with Crippen LogP contribution in [0, 0.1) is 27.7 Å². The van der Waals surface area contributed by atoms with E-state index in [1.807, 2.05) is 24.3 Å². The second-order valence-corrected chi connectivity index (χ2v) is 10.6. The minimum atomic E-state index is 0.821. The summed E-state index contributed by atoms with van der Waals surface area (Å²) in [5.74, 6) is 1.92. The normalized spacial score (nSPS) is 11.5. The number of hydrogen-bond acceptors (Lipinski definition) is 2. The van der Waals surface area contributed by atoms with Gasteiger partial charge >= 0.3 is 0 Å². The minimum Gasteiger partial charge on any atom is -0.342 e. The molecular weight excluding hydrogens is 522 g/mol. The molecule has 0 fully saturated rings. The Bertz CT molecular complexity index is 1870. The summed E-state index contributed by atoms with van der Waals surface area (Å²) >= 11 is 3.66. The van der Waals surface area contributed by atoms with E-state index in [4.69, 9.17) is 4.98 Å². The first-order valence-corrected chi connectivity index (χ1v) is 13.2. The summed E-state index contributed by atoms with van der Waals surface area (Å²) in [6.45, 7) is 8.50. The first-order valence-electron chi connectivity index (χ1n) is 12.4. The molecular formula is C31H28BrN5. The molecule has 4 aromatic carbocycles. The highest BCUT2D eigenvalue weighted by molar-refractivity contribution is 9.10. The van der Waals surface area contributed by atoms with Crippen LogP contribution in [0.25, 0.3) is 38.9 Å². The molecule has 0 aliphatic rings. The summed E-state index contributed by atoms with van der Waals surface area (Å²) in [6.07, 6.45) is 0.821. The standard InChI is InChI=1S/C16H15BrN2.C15H13N3/c1-10-7-11(2)12(13(17)8-10)9-16-18-14-5-3-4-6-15(14)19-16;1-9-7-10(2)14-13(8-9)18-12-6-4-3-5-11(12)16-15(18)17-14/h3-8H,9H2,1-2H3,(H,18,19);3-8H,1-2H3,(H,16,17). The van der Waals surface area contributed by atoms with Gasteiger partial charge in [-0.15, -0.1) is 0 Å². The highest BCUT2D eigenvalue weighted by Crippen LogP contribution is 2.27. The summed E-state index contributed by atoms with van der Waals surface area (Å²) < 4.78 is 3.36. The lowest BCUT2D eigenvalue weighted by atomic mass is 10.0. The van der Waals surface area contributed by atoms with Crippen LogP contribution < -0.4 is 0 Å². The second-order valence-electron chi connectivity index (χ2n) is 9.78. The van der Waals surface area contributed by atoms with E-state index in [0.29, 0.717) is 0 Å². The van der Waals surface area contributed by atoms with Crippen LogP contribution >= 0.6 is 15.9 Å². The fraction of sp³-hybridized carbons (Fsp3) is 0.161. The molecule has 0 spiro atoms. The van der Waals surface area contributed by atoms with Crippen LogP contribution in [0.2, 0.25) is 0 Å². The zero-order valence-electron chi connectivity index (χ0n) is 21.4. The van der Waals surface area contributed by atoms with Gasteiger partial charge < -0.3 is 9.97 Å². The largest absolute Gasteiger partial charge is 0.342 e. The minimum absolute atomic E-state index is 0.821. The molecule has 5 nitrogen and oxygen atoms in total. The van der Waals surface area contributed by atoms with Crippen LogP contribution in [0.4, 0.5) is 0 Å². The molecule has 3 heterocycles. The van der Waals surface area contributed by atoms with Crippen LogP contribution in [-0.4, -0.2) is 24.3 Å². The smallest absolute Gasteiger partial charge is 0.213 e. The molecule has 184 valence electrons. The monoisotopic (exact) mass is 549 g/mol. The Morgan fingerprint density at radius 1 is 0.730 bits per heavy atom. The molecule has 3 aromatic heterocycles. The van der Waals surface area contributed by atoms with Gasteiger partial charge in [-0.25, -0.2) is 9.97 Å². The molecule has 0 radical (unpaired) electrons. The Hall–Kier alpha value is -3.90.